The molecule has 1 amide bonds. The van der Waals surface area contributed by atoms with Crippen LogP contribution < -0.4 is 10.0 Å². The molecular formula is C16H21N3O4S. The number of rotatable bonds is 8. The second kappa shape index (κ2) is 8.09. The molecule has 0 bridgehead atoms. The number of benzene rings is 1. The van der Waals surface area contributed by atoms with Gasteiger partial charge < -0.3 is 14.6 Å². The van der Waals surface area contributed by atoms with Crippen LogP contribution >= 0.6 is 0 Å². The van der Waals surface area contributed by atoms with E-state index in [4.69, 9.17) is 4.42 Å². The van der Waals surface area contributed by atoms with Crippen molar-refractivity contribution >= 4 is 15.9 Å². The van der Waals surface area contributed by atoms with Crippen molar-refractivity contribution in [1.82, 2.24) is 14.9 Å². The largest absolute Gasteiger partial charge is 0.468 e. The van der Waals surface area contributed by atoms with Crippen LogP contribution in [0.2, 0.25) is 0 Å². The van der Waals surface area contributed by atoms with Gasteiger partial charge in [0.1, 0.15) is 5.76 Å². The van der Waals surface area contributed by atoms with Crippen LogP contribution in [0.1, 0.15) is 16.1 Å². The Morgan fingerprint density at radius 3 is 2.67 bits per heavy atom. The minimum absolute atomic E-state index is 0.0364. The first-order valence-electron chi connectivity index (χ1n) is 7.43. The third kappa shape index (κ3) is 5.19. The minimum Gasteiger partial charge on any atom is -0.468 e. The van der Waals surface area contributed by atoms with Crippen LogP contribution in [0.15, 0.2) is 52.0 Å². The van der Waals surface area contributed by atoms with Gasteiger partial charge in [0.2, 0.25) is 10.0 Å². The van der Waals surface area contributed by atoms with Crippen LogP contribution in [0.3, 0.4) is 0 Å². The Balaban J connectivity index is 2.04. The molecule has 0 atom stereocenters. The highest BCUT2D eigenvalue weighted by Crippen LogP contribution is 2.12. The predicted octanol–water partition coefficient (Wildman–Crippen LogP) is 1.05. The molecule has 2 N–H and O–H groups in total. The van der Waals surface area contributed by atoms with Crippen LogP contribution in [0.5, 0.6) is 0 Å². The summed E-state index contributed by atoms with van der Waals surface area (Å²) in [6.45, 7) is 1.24. The first-order chi connectivity index (χ1) is 11.4. The number of hydrogen-bond donors (Lipinski definition) is 2. The van der Waals surface area contributed by atoms with Crippen LogP contribution in [0.4, 0.5) is 0 Å². The Hall–Kier alpha value is -2.16. The van der Waals surface area contributed by atoms with Crippen molar-refractivity contribution in [3.63, 3.8) is 0 Å². The summed E-state index contributed by atoms with van der Waals surface area (Å²) in [6.07, 6.45) is 1.47. The van der Waals surface area contributed by atoms with Crippen molar-refractivity contribution in [3.8, 4) is 0 Å². The van der Waals surface area contributed by atoms with Gasteiger partial charge in [-0.3, -0.25) is 4.79 Å². The molecular weight excluding hydrogens is 330 g/mol. The van der Waals surface area contributed by atoms with Gasteiger partial charge in [0.25, 0.3) is 5.91 Å². The lowest BCUT2D eigenvalue weighted by Gasteiger charge is -2.11. The number of furan rings is 1. The second-order valence-electron chi connectivity index (χ2n) is 5.49. The van der Waals surface area contributed by atoms with Gasteiger partial charge in [0, 0.05) is 18.7 Å². The predicted molar refractivity (Wildman–Crippen MR) is 90.1 cm³/mol. The molecule has 0 aliphatic rings. The zero-order chi connectivity index (χ0) is 17.6. The second-order valence-corrected chi connectivity index (χ2v) is 7.26. The standard InChI is InChI=1S/C16H21N3O4S/c1-19(2)9-8-17-16(20)13-5-3-7-15(11-13)24(21,22)18-12-14-6-4-10-23-14/h3-7,10-11,18H,8-9,12H2,1-2H3,(H,17,20). The Kier molecular flexibility index (Phi) is 6.13. The van der Waals surface area contributed by atoms with E-state index in [1.54, 1.807) is 24.3 Å². The number of nitrogens with one attached hydrogen (secondary N) is 2. The molecule has 8 heteroatoms. The maximum absolute atomic E-state index is 12.3. The fourth-order valence-corrected chi connectivity index (χ4v) is 3.00. The number of sulfonamides is 1. The molecule has 0 fully saturated rings. The molecule has 0 saturated heterocycles. The van der Waals surface area contributed by atoms with Gasteiger partial charge in [0.15, 0.2) is 0 Å². The minimum atomic E-state index is -3.72. The van der Waals surface area contributed by atoms with Crippen LogP contribution in [0.25, 0.3) is 0 Å². The van der Waals surface area contributed by atoms with Gasteiger partial charge in [-0.1, -0.05) is 6.07 Å². The summed E-state index contributed by atoms with van der Waals surface area (Å²) in [5.74, 6) is 0.205. The van der Waals surface area contributed by atoms with E-state index in [0.717, 1.165) is 0 Å². The first kappa shape index (κ1) is 18.2. The van der Waals surface area contributed by atoms with Gasteiger partial charge >= 0.3 is 0 Å². The normalized spacial score (nSPS) is 11.6. The van der Waals surface area contributed by atoms with Gasteiger partial charge in [0.05, 0.1) is 17.7 Å². The SMILES string of the molecule is CN(C)CCNC(=O)c1cccc(S(=O)(=O)NCc2ccco2)c1. The molecule has 0 radical (unpaired) electrons. The molecule has 0 aliphatic heterocycles. The Morgan fingerprint density at radius 1 is 1.21 bits per heavy atom. The van der Waals surface area contributed by atoms with Crippen molar-refractivity contribution in [1.29, 1.82) is 0 Å². The molecule has 2 rings (SSSR count). The lowest BCUT2D eigenvalue weighted by atomic mass is 10.2. The highest BCUT2D eigenvalue weighted by Gasteiger charge is 2.16. The summed E-state index contributed by atoms with van der Waals surface area (Å²) >= 11 is 0. The lowest BCUT2D eigenvalue weighted by Crippen LogP contribution is -2.31. The van der Waals surface area contributed by atoms with Crippen LogP contribution in [-0.2, 0) is 16.6 Å². The fraction of sp³-hybridized carbons (Fsp3) is 0.312. The highest BCUT2D eigenvalue weighted by molar-refractivity contribution is 7.89. The molecule has 7 nitrogen and oxygen atoms in total. The summed E-state index contributed by atoms with van der Waals surface area (Å²) in [5, 5.41) is 2.75. The lowest BCUT2D eigenvalue weighted by molar-refractivity contribution is 0.0951. The molecule has 1 aromatic carbocycles. The fourth-order valence-electron chi connectivity index (χ4n) is 1.96. The molecule has 0 aliphatic carbocycles. The van der Waals surface area contributed by atoms with E-state index in [0.29, 0.717) is 24.4 Å². The molecule has 1 aromatic heterocycles. The average Bonchev–Trinajstić information content (AvgIpc) is 3.06. The molecule has 130 valence electrons. The quantitative estimate of drug-likeness (QED) is 0.742. The summed E-state index contributed by atoms with van der Waals surface area (Å²) in [5.41, 5.74) is 0.301. The summed E-state index contributed by atoms with van der Waals surface area (Å²) < 4.78 is 32.2. The molecule has 24 heavy (non-hydrogen) atoms. The Morgan fingerprint density at radius 2 is 2.00 bits per heavy atom. The van der Waals surface area contributed by atoms with Crippen LogP contribution in [0, 0.1) is 0 Å². The van der Waals surface area contributed by atoms with Crippen molar-refractivity contribution in [2.24, 2.45) is 0 Å². The maximum atomic E-state index is 12.3. The number of nitrogens with zero attached hydrogens (tertiary/aromatic N) is 1. The third-order valence-corrected chi connectivity index (χ3v) is 4.67. The highest BCUT2D eigenvalue weighted by atomic mass is 32.2. The summed E-state index contributed by atoms with van der Waals surface area (Å²) in [7, 11) is 0.0890. The van der Waals surface area contributed by atoms with E-state index in [-0.39, 0.29) is 17.3 Å². The van der Waals surface area contributed by atoms with Gasteiger partial charge in [-0.25, -0.2) is 13.1 Å². The van der Waals surface area contributed by atoms with Crippen molar-refractivity contribution in [2.75, 3.05) is 27.2 Å². The van der Waals surface area contributed by atoms with E-state index in [1.165, 1.54) is 18.4 Å². The van der Waals surface area contributed by atoms with Gasteiger partial charge in [-0.15, -0.1) is 0 Å². The number of likely N-dealkylation sites (N-methyl/N-ethyl adjacent to an activating group) is 1. The summed E-state index contributed by atoms with van der Waals surface area (Å²) in [4.78, 5) is 14.1. The smallest absolute Gasteiger partial charge is 0.251 e. The molecule has 1 heterocycles. The topological polar surface area (TPSA) is 91.7 Å². The molecule has 0 saturated carbocycles. The number of carbonyl (C=O) groups is 1. The number of amides is 1. The van der Waals surface area contributed by atoms with E-state index in [9.17, 15) is 13.2 Å². The van der Waals surface area contributed by atoms with Crippen molar-refractivity contribution in [2.45, 2.75) is 11.4 Å². The zero-order valence-electron chi connectivity index (χ0n) is 13.7. The summed E-state index contributed by atoms with van der Waals surface area (Å²) in [6, 6.07) is 9.29. The monoisotopic (exact) mass is 351 g/mol. The van der Waals surface area contributed by atoms with E-state index >= 15 is 0 Å². The molecule has 0 spiro atoms. The van der Waals surface area contributed by atoms with E-state index < -0.39 is 10.0 Å². The average molecular weight is 351 g/mol. The number of carbonyl (C=O) groups excluding carboxylic acids is 1. The van der Waals surface area contributed by atoms with Gasteiger partial charge in [-0.2, -0.15) is 0 Å². The molecule has 2 aromatic rings. The van der Waals surface area contributed by atoms with Crippen LogP contribution in [-0.4, -0.2) is 46.4 Å². The Labute approximate surface area is 141 Å². The number of hydrogen-bond acceptors (Lipinski definition) is 5. The molecule has 0 unspecified atom stereocenters. The maximum Gasteiger partial charge on any atom is 0.251 e. The Bertz CT molecular complexity index is 770. The van der Waals surface area contributed by atoms with Crippen molar-refractivity contribution in [3.05, 3.63) is 54.0 Å². The van der Waals surface area contributed by atoms with E-state index in [2.05, 4.69) is 10.0 Å². The first-order valence-corrected chi connectivity index (χ1v) is 8.92. The third-order valence-electron chi connectivity index (χ3n) is 3.27. The van der Waals surface area contributed by atoms with Crippen molar-refractivity contribution < 1.29 is 17.6 Å². The zero-order valence-corrected chi connectivity index (χ0v) is 14.5. The van der Waals surface area contributed by atoms with E-state index in [1.807, 2.05) is 19.0 Å². The van der Waals surface area contributed by atoms with Gasteiger partial charge in [-0.05, 0) is 44.4 Å².